The van der Waals surface area contributed by atoms with Gasteiger partial charge in [0.15, 0.2) is 0 Å². The second-order valence-electron chi connectivity index (χ2n) is 15.4. The average Bonchev–Trinajstić information content (AvgIpc) is 3.84. The summed E-state index contributed by atoms with van der Waals surface area (Å²) in [6, 6.07) is 78.0. The Labute approximate surface area is 346 Å². The van der Waals surface area contributed by atoms with Crippen molar-refractivity contribution in [1.29, 1.82) is 0 Å². The van der Waals surface area contributed by atoms with Crippen LogP contribution in [0.3, 0.4) is 0 Å². The van der Waals surface area contributed by atoms with Gasteiger partial charge in [0.2, 0.25) is 5.95 Å². The van der Waals surface area contributed by atoms with Crippen LogP contribution in [0.5, 0.6) is 0 Å². The van der Waals surface area contributed by atoms with Gasteiger partial charge in [-0.1, -0.05) is 176 Å². The number of benzene rings is 9. The summed E-state index contributed by atoms with van der Waals surface area (Å²) in [5, 5.41) is 7.29. The summed E-state index contributed by atoms with van der Waals surface area (Å²) in [5.74, 6) is 0.640. The fourth-order valence-corrected chi connectivity index (χ4v) is 9.11. The van der Waals surface area contributed by atoms with Gasteiger partial charge in [-0.05, 0) is 75.5 Å². The highest BCUT2D eigenvalue weighted by Crippen LogP contribution is 2.39. The Morgan fingerprint density at radius 3 is 1.37 bits per heavy atom. The van der Waals surface area contributed by atoms with Crippen LogP contribution < -0.4 is 0 Å². The number of hydrogen-bond donors (Lipinski definition) is 0. The van der Waals surface area contributed by atoms with Crippen molar-refractivity contribution < 1.29 is 0 Å². The summed E-state index contributed by atoms with van der Waals surface area (Å²) in [6.07, 6.45) is 0. The van der Waals surface area contributed by atoms with Crippen LogP contribution in [0.4, 0.5) is 0 Å². The summed E-state index contributed by atoms with van der Waals surface area (Å²) in [7, 11) is 0. The SMILES string of the molecule is c1ccc(-c2cc(-c3ccccc3)nc(-n3c4ccccc4c4ccc(-c5ccc6c7ccccc7n(-c7ccc(-c8cccc9ccccc89)cc7)c6c5)cc43)n2)cc1. The molecule has 0 spiro atoms. The van der Waals surface area contributed by atoms with Crippen molar-refractivity contribution in [3.05, 3.63) is 218 Å². The van der Waals surface area contributed by atoms with E-state index in [0.29, 0.717) is 5.95 Å². The van der Waals surface area contributed by atoms with Crippen LogP contribution in [0, 0.1) is 0 Å². The number of fused-ring (bicyclic) bond motifs is 7. The predicted octanol–water partition coefficient (Wildman–Crippen LogP) is 14.5. The molecule has 0 saturated heterocycles. The molecule has 4 nitrogen and oxygen atoms in total. The molecule has 60 heavy (non-hydrogen) atoms. The lowest BCUT2D eigenvalue weighted by Gasteiger charge is -2.13. The molecule has 0 aliphatic carbocycles. The van der Waals surface area contributed by atoms with Gasteiger partial charge in [0.05, 0.1) is 33.5 Å². The maximum Gasteiger partial charge on any atom is 0.235 e. The van der Waals surface area contributed by atoms with E-state index in [9.17, 15) is 0 Å². The summed E-state index contributed by atoms with van der Waals surface area (Å²) in [6.45, 7) is 0. The van der Waals surface area contributed by atoms with E-state index in [2.05, 4.69) is 215 Å². The highest BCUT2D eigenvalue weighted by molar-refractivity contribution is 6.12. The van der Waals surface area contributed by atoms with Gasteiger partial charge in [0.1, 0.15) is 0 Å². The van der Waals surface area contributed by atoms with Gasteiger partial charge >= 0.3 is 0 Å². The molecule has 0 amide bonds. The van der Waals surface area contributed by atoms with E-state index in [1.165, 1.54) is 43.7 Å². The Morgan fingerprint density at radius 1 is 0.283 bits per heavy atom. The zero-order chi connectivity index (χ0) is 39.6. The topological polar surface area (TPSA) is 35.6 Å². The summed E-state index contributed by atoms with van der Waals surface area (Å²) in [5.41, 5.74) is 14.2. The highest BCUT2D eigenvalue weighted by Gasteiger charge is 2.19. The van der Waals surface area contributed by atoms with Gasteiger partial charge < -0.3 is 4.57 Å². The molecule has 0 fully saturated rings. The van der Waals surface area contributed by atoms with E-state index in [1.54, 1.807) is 0 Å². The molecule has 0 atom stereocenters. The van der Waals surface area contributed by atoms with Gasteiger partial charge in [-0.25, -0.2) is 9.97 Å². The monoisotopic (exact) mass is 764 g/mol. The van der Waals surface area contributed by atoms with Crippen LogP contribution in [0.1, 0.15) is 0 Å². The Morgan fingerprint density at radius 2 is 0.750 bits per heavy atom. The Bertz CT molecular complexity index is 3520. The van der Waals surface area contributed by atoms with E-state index in [4.69, 9.17) is 9.97 Å². The lowest BCUT2D eigenvalue weighted by molar-refractivity contribution is 0.996. The lowest BCUT2D eigenvalue weighted by Crippen LogP contribution is -2.04. The first-order chi connectivity index (χ1) is 29.7. The van der Waals surface area contributed by atoms with Crippen molar-refractivity contribution in [2.45, 2.75) is 0 Å². The molecule has 3 heterocycles. The molecule has 0 radical (unpaired) electrons. The molecular formula is C56H36N4. The van der Waals surface area contributed by atoms with E-state index in [-0.39, 0.29) is 0 Å². The molecule has 0 aliphatic heterocycles. The quantitative estimate of drug-likeness (QED) is 0.169. The maximum absolute atomic E-state index is 5.27. The lowest BCUT2D eigenvalue weighted by atomic mass is 9.98. The first-order valence-corrected chi connectivity index (χ1v) is 20.4. The van der Waals surface area contributed by atoms with Gasteiger partial charge in [0, 0.05) is 38.4 Å². The van der Waals surface area contributed by atoms with Gasteiger partial charge in [-0.2, -0.15) is 0 Å². The number of hydrogen-bond acceptors (Lipinski definition) is 2. The first-order valence-electron chi connectivity index (χ1n) is 20.4. The first kappa shape index (κ1) is 34.0. The predicted molar refractivity (Wildman–Crippen MR) is 250 cm³/mol. The van der Waals surface area contributed by atoms with Crippen LogP contribution in [-0.4, -0.2) is 19.1 Å². The Hall–Kier alpha value is -8.08. The number of para-hydroxylation sites is 2. The molecule has 0 bridgehead atoms. The molecule has 12 aromatic rings. The van der Waals surface area contributed by atoms with Crippen LogP contribution in [0.25, 0.3) is 111 Å². The minimum absolute atomic E-state index is 0.640. The van der Waals surface area contributed by atoms with Crippen molar-refractivity contribution in [2.24, 2.45) is 0 Å². The largest absolute Gasteiger partial charge is 0.309 e. The minimum Gasteiger partial charge on any atom is -0.309 e. The summed E-state index contributed by atoms with van der Waals surface area (Å²) < 4.78 is 4.64. The van der Waals surface area contributed by atoms with E-state index in [0.717, 1.165) is 61.1 Å². The molecule has 12 rings (SSSR count). The maximum atomic E-state index is 5.27. The standard InChI is InChI=1S/C56H36N4/c1-3-15-39(16-4-1)50-36-51(40-17-5-2-6-18-40)58-56(57-50)60-53-25-12-10-22-47(53)49-33-29-42(35-55(49)60)41-28-32-48-46-21-9-11-24-52(46)59(54(48)34-41)43-30-26-38(27-31-43)45-23-13-19-37-14-7-8-20-44(37)45/h1-36H. The normalized spacial score (nSPS) is 11.7. The molecule has 4 heteroatoms. The van der Waals surface area contributed by atoms with Crippen LogP contribution >= 0.6 is 0 Å². The smallest absolute Gasteiger partial charge is 0.235 e. The molecule has 280 valence electrons. The molecule has 0 saturated carbocycles. The molecule has 0 aliphatic rings. The third-order valence-electron chi connectivity index (χ3n) is 12.0. The van der Waals surface area contributed by atoms with Crippen molar-refractivity contribution in [3.8, 4) is 56.4 Å². The summed E-state index contributed by atoms with van der Waals surface area (Å²) in [4.78, 5) is 10.5. The number of aromatic nitrogens is 4. The van der Waals surface area contributed by atoms with Gasteiger partial charge in [-0.3, -0.25) is 4.57 Å². The third-order valence-corrected chi connectivity index (χ3v) is 12.0. The number of rotatable bonds is 6. The third kappa shape index (κ3) is 5.53. The molecule has 9 aromatic carbocycles. The van der Waals surface area contributed by atoms with Gasteiger partial charge in [0.25, 0.3) is 0 Å². The molecule has 0 N–H and O–H groups in total. The Kier molecular flexibility index (Phi) is 7.82. The second-order valence-corrected chi connectivity index (χ2v) is 15.4. The number of nitrogens with zero attached hydrogens (tertiary/aromatic N) is 4. The highest BCUT2D eigenvalue weighted by atomic mass is 15.2. The Balaban J connectivity index is 1.03. The van der Waals surface area contributed by atoms with Gasteiger partial charge in [-0.15, -0.1) is 0 Å². The van der Waals surface area contributed by atoms with Crippen LogP contribution in [0.2, 0.25) is 0 Å². The van der Waals surface area contributed by atoms with Crippen molar-refractivity contribution in [3.63, 3.8) is 0 Å². The van der Waals surface area contributed by atoms with Crippen molar-refractivity contribution in [1.82, 2.24) is 19.1 Å². The zero-order valence-corrected chi connectivity index (χ0v) is 32.6. The van der Waals surface area contributed by atoms with E-state index in [1.807, 2.05) is 12.1 Å². The molecular weight excluding hydrogens is 729 g/mol. The molecule has 3 aromatic heterocycles. The van der Waals surface area contributed by atoms with Crippen molar-refractivity contribution in [2.75, 3.05) is 0 Å². The molecule has 0 unspecified atom stereocenters. The second kappa shape index (κ2) is 13.8. The average molecular weight is 765 g/mol. The van der Waals surface area contributed by atoms with Crippen molar-refractivity contribution >= 4 is 54.4 Å². The fourth-order valence-electron chi connectivity index (χ4n) is 9.11. The fraction of sp³-hybridized carbons (Fsp3) is 0. The van der Waals surface area contributed by atoms with E-state index < -0.39 is 0 Å². The summed E-state index contributed by atoms with van der Waals surface area (Å²) >= 11 is 0. The van der Waals surface area contributed by atoms with E-state index >= 15 is 0 Å². The van der Waals surface area contributed by atoms with Crippen LogP contribution in [0.15, 0.2) is 218 Å². The minimum atomic E-state index is 0.640. The van der Waals surface area contributed by atoms with Crippen LogP contribution in [-0.2, 0) is 0 Å². The zero-order valence-electron chi connectivity index (χ0n) is 32.6.